The Labute approximate surface area is 176 Å². The number of carbonyl (C=O) groups is 2. The lowest BCUT2D eigenvalue weighted by Gasteiger charge is -2.36. The number of anilines is 2. The molecule has 29 heavy (non-hydrogen) atoms. The highest BCUT2D eigenvalue weighted by atomic mass is 79.9. The number of rotatable bonds is 3. The van der Waals surface area contributed by atoms with E-state index in [-0.39, 0.29) is 24.1 Å². The van der Waals surface area contributed by atoms with Gasteiger partial charge in [0.05, 0.1) is 5.69 Å². The maximum Gasteiger partial charge on any atom is 0.270 e. The lowest BCUT2D eigenvalue weighted by molar-refractivity contribution is -0.124. The molecule has 2 heterocycles. The van der Waals surface area contributed by atoms with Crippen molar-refractivity contribution in [2.24, 2.45) is 5.10 Å². The van der Waals surface area contributed by atoms with Gasteiger partial charge in [0.2, 0.25) is 5.91 Å². The van der Waals surface area contributed by atoms with Crippen LogP contribution in [0.5, 0.6) is 0 Å². The van der Waals surface area contributed by atoms with E-state index in [2.05, 4.69) is 25.9 Å². The first kappa shape index (κ1) is 19.6. The summed E-state index contributed by atoms with van der Waals surface area (Å²) in [5.74, 6) is -0.508. The van der Waals surface area contributed by atoms with Crippen LogP contribution in [0.25, 0.3) is 0 Å². The molecule has 0 unspecified atom stereocenters. The maximum absolute atomic E-state index is 13.1. The van der Waals surface area contributed by atoms with E-state index in [1.807, 2.05) is 12.1 Å². The largest absolute Gasteiger partial charge is 0.368 e. The number of benzene rings is 2. The first-order chi connectivity index (χ1) is 14.0. The van der Waals surface area contributed by atoms with Gasteiger partial charge in [0.15, 0.2) is 0 Å². The molecule has 2 aliphatic rings. The van der Waals surface area contributed by atoms with E-state index in [1.54, 1.807) is 29.2 Å². The molecule has 0 aliphatic carbocycles. The Bertz CT molecular complexity index is 938. The molecular weight excluding hydrogens is 439 g/mol. The van der Waals surface area contributed by atoms with Gasteiger partial charge in [0, 0.05) is 49.2 Å². The normalized spacial score (nSPS) is 17.4. The van der Waals surface area contributed by atoms with Crippen LogP contribution in [-0.2, 0) is 9.59 Å². The number of nitrogens with zero attached hydrogens (tertiary/aromatic N) is 4. The van der Waals surface area contributed by atoms with Crippen LogP contribution in [0.4, 0.5) is 15.8 Å². The van der Waals surface area contributed by atoms with Gasteiger partial charge in [0.1, 0.15) is 11.5 Å². The van der Waals surface area contributed by atoms with E-state index in [4.69, 9.17) is 0 Å². The molecule has 2 amide bonds. The molecule has 1 saturated heterocycles. The molecule has 2 aromatic rings. The van der Waals surface area contributed by atoms with Gasteiger partial charge in [0.25, 0.3) is 5.91 Å². The standard InChI is InChI=1S/C21H20BrFN4O2/c22-15-1-5-18(6-2-15)27-20(28)10-9-19(24-27)21(29)26-13-11-25(12-14-26)17-7-3-16(23)4-8-17/h1-8H,9-14H2. The van der Waals surface area contributed by atoms with Gasteiger partial charge in [-0.25, -0.2) is 9.40 Å². The van der Waals surface area contributed by atoms with Crippen molar-refractivity contribution in [1.82, 2.24) is 4.90 Å². The quantitative estimate of drug-likeness (QED) is 0.707. The van der Waals surface area contributed by atoms with Gasteiger partial charge >= 0.3 is 0 Å². The highest BCUT2D eigenvalue weighted by Gasteiger charge is 2.30. The SMILES string of the molecule is O=C(C1=NN(c2ccc(Br)cc2)C(=O)CC1)N1CCN(c2ccc(F)cc2)CC1. The van der Waals surface area contributed by atoms with Crippen LogP contribution >= 0.6 is 15.9 Å². The van der Waals surface area contributed by atoms with E-state index in [0.717, 1.165) is 10.2 Å². The zero-order valence-electron chi connectivity index (χ0n) is 15.7. The highest BCUT2D eigenvalue weighted by Crippen LogP contribution is 2.23. The number of carbonyl (C=O) groups excluding carboxylic acids is 2. The Morgan fingerprint density at radius 3 is 2.17 bits per heavy atom. The van der Waals surface area contributed by atoms with Crippen LogP contribution in [0.1, 0.15) is 12.8 Å². The summed E-state index contributed by atoms with van der Waals surface area (Å²) in [4.78, 5) is 29.2. The van der Waals surface area contributed by atoms with E-state index < -0.39 is 0 Å². The molecule has 2 aliphatic heterocycles. The molecule has 0 aromatic heterocycles. The summed E-state index contributed by atoms with van der Waals surface area (Å²) in [6.45, 7) is 2.45. The van der Waals surface area contributed by atoms with Crippen LogP contribution in [0.3, 0.4) is 0 Å². The third-order valence-corrected chi connectivity index (χ3v) is 5.64. The first-order valence-electron chi connectivity index (χ1n) is 9.47. The molecule has 8 heteroatoms. The topological polar surface area (TPSA) is 56.2 Å². The zero-order valence-corrected chi connectivity index (χ0v) is 17.3. The highest BCUT2D eigenvalue weighted by molar-refractivity contribution is 9.10. The fourth-order valence-electron chi connectivity index (χ4n) is 3.49. The van der Waals surface area contributed by atoms with E-state index in [0.29, 0.717) is 44.0 Å². The molecule has 1 fully saturated rings. The molecule has 0 bridgehead atoms. The maximum atomic E-state index is 13.1. The Kier molecular flexibility index (Phi) is 5.62. The number of piperazine rings is 1. The van der Waals surface area contributed by atoms with Crippen LogP contribution in [-0.4, -0.2) is 48.6 Å². The van der Waals surface area contributed by atoms with E-state index >= 15 is 0 Å². The molecular formula is C21H20BrFN4O2. The van der Waals surface area contributed by atoms with Crippen LogP contribution < -0.4 is 9.91 Å². The monoisotopic (exact) mass is 458 g/mol. The summed E-state index contributed by atoms with van der Waals surface area (Å²) in [6, 6.07) is 13.6. The lowest BCUT2D eigenvalue weighted by atomic mass is 10.1. The summed E-state index contributed by atoms with van der Waals surface area (Å²) in [5.41, 5.74) is 1.99. The fraction of sp³-hybridized carbons (Fsp3) is 0.286. The van der Waals surface area contributed by atoms with Crippen molar-refractivity contribution in [2.75, 3.05) is 36.1 Å². The van der Waals surface area contributed by atoms with Crippen molar-refractivity contribution < 1.29 is 14.0 Å². The zero-order chi connectivity index (χ0) is 20.4. The number of hydrogen-bond acceptors (Lipinski definition) is 4. The summed E-state index contributed by atoms with van der Waals surface area (Å²) in [7, 11) is 0. The van der Waals surface area contributed by atoms with Crippen molar-refractivity contribution in [3.63, 3.8) is 0 Å². The average molecular weight is 459 g/mol. The number of halogens is 2. The van der Waals surface area contributed by atoms with Crippen LogP contribution in [0.15, 0.2) is 58.1 Å². The predicted octanol–water partition coefficient (Wildman–Crippen LogP) is 3.42. The molecule has 0 spiro atoms. The van der Waals surface area contributed by atoms with Gasteiger partial charge in [-0.2, -0.15) is 5.10 Å². The Morgan fingerprint density at radius 2 is 1.52 bits per heavy atom. The van der Waals surface area contributed by atoms with E-state index in [9.17, 15) is 14.0 Å². The lowest BCUT2D eigenvalue weighted by Crippen LogP contribution is -2.51. The van der Waals surface area contributed by atoms with Crippen molar-refractivity contribution in [3.8, 4) is 0 Å². The third kappa shape index (κ3) is 4.32. The number of hydrazone groups is 1. The second kappa shape index (κ2) is 8.32. The van der Waals surface area contributed by atoms with Crippen LogP contribution in [0, 0.1) is 5.82 Å². The Hall–Kier alpha value is -2.74. The molecule has 150 valence electrons. The van der Waals surface area contributed by atoms with Gasteiger partial charge in [-0.1, -0.05) is 15.9 Å². The van der Waals surface area contributed by atoms with Crippen molar-refractivity contribution in [3.05, 3.63) is 58.8 Å². The second-order valence-electron chi connectivity index (χ2n) is 6.98. The minimum Gasteiger partial charge on any atom is -0.368 e. The fourth-order valence-corrected chi connectivity index (χ4v) is 3.76. The predicted molar refractivity (Wildman–Crippen MR) is 113 cm³/mol. The first-order valence-corrected chi connectivity index (χ1v) is 10.3. The summed E-state index contributed by atoms with van der Waals surface area (Å²) in [5, 5.41) is 5.68. The Morgan fingerprint density at radius 1 is 0.897 bits per heavy atom. The molecule has 0 radical (unpaired) electrons. The van der Waals surface area contributed by atoms with Gasteiger partial charge < -0.3 is 9.80 Å². The second-order valence-corrected chi connectivity index (χ2v) is 7.90. The molecule has 0 saturated carbocycles. The van der Waals surface area contributed by atoms with E-state index in [1.165, 1.54) is 17.1 Å². The van der Waals surface area contributed by atoms with Crippen molar-refractivity contribution in [1.29, 1.82) is 0 Å². The minimum atomic E-state index is -0.261. The van der Waals surface area contributed by atoms with Gasteiger partial charge in [-0.05, 0) is 48.5 Å². The van der Waals surface area contributed by atoms with Gasteiger partial charge in [-0.3, -0.25) is 9.59 Å². The smallest absolute Gasteiger partial charge is 0.270 e. The molecule has 6 nitrogen and oxygen atoms in total. The summed E-state index contributed by atoms with van der Waals surface area (Å²) < 4.78 is 14.0. The molecule has 0 atom stereocenters. The van der Waals surface area contributed by atoms with Crippen LogP contribution in [0.2, 0.25) is 0 Å². The number of amides is 2. The average Bonchev–Trinajstić information content (AvgIpc) is 2.75. The molecule has 2 aromatic carbocycles. The summed E-state index contributed by atoms with van der Waals surface area (Å²) in [6.07, 6.45) is 0.610. The van der Waals surface area contributed by atoms with Crippen molar-refractivity contribution >= 4 is 44.8 Å². The molecule has 0 N–H and O–H groups in total. The van der Waals surface area contributed by atoms with Crippen molar-refractivity contribution in [2.45, 2.75) is 12.8 Å². The third-order valence-electron chi connectivity index (χ3n) is 5.11. The van der Waals surface area contributed by atoms with Gasteiger partial charge in [-0.15, -0.1) is 0 Å². The minimum absolute atomic E-state index is 0.120. The molecule has 4 rings (SSSR count). The summed E-state index contributed by atoms with van der Waals surface area (Å²) >= 11 is 3.37. The Balaban J connectivity index is 1.44. The number of hydrogen-bond donors (Lipinski definition) is 0.